The fourth-order valence-electron chi connectivity index (χ4n) is 2.49. The zero-order valence-electron chi connectivity index (χ0n) is 12.4. The van der Waals surface area contributed by atoms with Crippen molar-refractivity contribution in [1.82, 2.24) is 10.2 Å². The first-order chi connectivity index (χ1) is 9.67. The molecule has 0 bridgehead atoms. The van der Waals surface area contributed by atoms with Crippen molar-refractivity contribution in [1.29, 1.82) is 0 Å². The molecule has 1 N–H and O–H groups in total. The monoisotopic (exact) mass is 276 g/mol. The van der Waals surface area contributed by atoms with E-state index in [1.165, 1.54) is 0 Å². The molecule has 2 rings (SSSR count). The minimum atomic E-state index is 0.115. The van der Waals surface area contributed by atoms with Crippen LogP contribution in [0.1, 0.15) is 25.3 Å². The first-order valence-electron chi connectivity index (χ1n) is 7.37. The van der Waals surface area contributed by atoms with E-state index < -0.39 is 0 Å². The smallest absolute Gasteiger partial charge is 0.224 e. The average Bonchev–Trinajstić information content (AvgIpc) is 2.44. The lowest BCUT2D eigenvalue weighted by molar-refractivity contribution is -0.121. The van der Waals surface area contributed by atoms with Crippen LogP contribution in [0.3, 0.4) is 0 Å². The molecule has 0 aliphatic carbocycles. The Morgan fingerprint density at radius 2 is 1.95 bits per heavy atom. The van der Waals surface area contributed by atoms with Crippen LogP contribution in [0.4, 0.5) is 0 Å². The maximum absolute atomic E-state index is 12.0. The highest BCUT2D eigenvalue weighted by molar-refractivity contribution is 5.78. The molecule has 0 radical (unpaired) electrons. The number of piperidine rings is 1. The molecule has 1 saturated heterocycles. The summed E-state index contributed by atoms with van der Waals surface area (Å²) < 4.78 is 5.39. The number of ether oxygens (including phenoxy) is 1. The summed E-state index contributed by atoms with van der Waals surface area (Å²) in [5.41, 5.74) is 1.03. The van der Waals surface area contributed by atoms with E-state index in [1.54, 1.807) is 0 Å². The van der Waals surface area contributed by atoms with Crippen LogP contribution in [-0.2, 0) is 11.2 Å². The molecular weight excluding hydrogens is 252 g/mol. The number of carbonyl (C=O) groups is 1. The van der Waals surface area contributed by atoms with Gasteiger partial charge in [-0.05, 0) is 57.6 Å². The summed E-state index contributed by atoms with van der Waals surface area (Å²) in [6, 6.07) is 8.09. The molecule has 1 aliphatic rings. The summed E-state index contributed by atoms with van der Waals surface area (Å²) in [7, 11) is 2.12. The van der Waals surface area contributed by atoms with Crippen LogP contribution < -0.4 is 10.1 Å². The summed E-state index contributed by atoms with van der Waals surface area (Å²) in [5.74, 6) is 0.968. The molecule has 4 nitrogen and oxygen atoms in total. The van der Waals surface area contributed by atoms with Crippen molar-refractivity contribution in [2.75, 3.05) is 26.7 Å². The summed E-state index contributed by atoms with van der Waals surface area (Å²) in [6.45, 7) is 4.75. The number of rotatable bonds is 5. The fourth-order valence-corrected chi connectivity index (χ4v) is 2.49. The quantitative estimate of drug-likeness (QED) is 0.892. The number of carbonyl (C=O) groups excluding carboxylic acids is 1. The van der Waals surface area contributed by atoms with Gasteiger partial charge in [-0.1, -0.05) is 12.1 Å². The van der Waals surface area contributed by atoms with Gasteiger partial charge >= 0.3 is 0 Å². The third-order valence-electron chi connectivity index (χ3n) is 3.68. The lowest BCUT2D eigenvalue weighted by Gasteiger charge is -2.29. The van der Waals surface area contributed by atoms with Crippen LogP contribution in [0.2, 0.25) is 0 Å². The Balaban J connectivity index is 1.79. The van der Waals surface area contributed by atoms with E-state index in [-0.39, 0.29) is 5.91 Å². The molecule has 20 heavy (non-hydrogen) atoms. The average molecular weight is 276 g/mol. The van der Waals surface area contributed by atoms with Crippen molar-refractivity contribution in [2.24, 2.45) is 0 Å². The van der Waals surface area contributed by atoms with Crippen molar-refractivity contribution in [3.63, 3.8) is 0 Å². The van der Waals surface area contributed by atoms with Crippen molar-refractivity contribution >= 4 is 5.91 Å². The molecule has 0 spiro atoms. The van der Waals surface area contributed by atoms with Gasteiger partial charge in [0.1, 0.15) is 5.75 Å². The summed E-state index contributed by atoms with van der Waals surface area (Å²) in [6.07, 6.45) is 2.54. The lowest BCUT2D eigenvalue weighted by Crippen LogP contribution is -2.43. The predicted octanol–water partition coefficient (Wildman–Crippen LogP) is 1.84. The molecule has 110 valence electrons. The third-order valence-corrected chi connectivity index (χ3v) is 3.68. The zero-order chi connectivity index (χ0) is 14.4. The molecule has 4 heteroatoms. The van der Waals surface area contributed by atoms with Gasteiger partial charge in [0, 0.05) is 6.04 Å². The second-order valence-corrected chi connectivity index (χ2v) is 5.40. The van der Waals surface area contributed by atoms with Crippen LogP contribution in [0.15, 0.2) is 24.3 Å². The molecule has 0 atom stereocenters. The molecule has 1 amide bonds. The van der Waals surface area contributed by atoms with Crippen LogP contribution in [0, 0.1) is 0 Å². The highest BCUT2D eigenvalue weighted by atomic mass is 16.5. The minimum Gasteiger partial charge on any atom is -0.494 e. The fraction of sp³-hybridized carbons (Fsp3) is 0.562. The van der Waals surface area contributed by atoms with E-state index in [0.717, 1.165) is 37.2 Å². The molecule has 1 heterocycles. The van der Waals surface area contributed by atoms with Gasteiger partial charge in [-0.3, -0.25) is 4.79 Å². The summed E-state index contributed by atoms with van der Waals surface area (Å²) in [5, 5.41) is 3.13. The second-order valence-electron chi connectivity index (χ2n) is 5.40. The van der Waals surface area contributed by atoms with Gasteiger partial charge in [-0.25, -0.2) is 0 Å². The number of hydrogen-bond acceptors (Lipinski definition) is 3. The third kappa shape index (κ3) is 4.53. The van der Waals surface area contributed by atoms with E-state index in [9.17, 15) is 4.79 Å². The van der Waals surface area contributed by atoms with Crippen LogP contribution in [0.5, 0.6) is 5.75 Å². The van der Waals surface area contributed by atoms with Gasteiger partial charge in [-0.2, -0.15) is 0 Å². The number of benzene rings is 1. The topological polar surface area (TPSA) is 41.6 Å². The molecule has 1 fully saturated rings. The SMILES string of the molecule is CCOc1ccc(CC(=O)NC2CCN(C)CC2)cc1. The Bertz CT molecular complexity index is 423. The minimum absolute atomic E-state index is 0.115. The van der Waals surface area contributed by atoms with E-state index in [2.05, 4.69) is 17.3 Å². The standard InChI is InChI=1S/C16H24N2O2/c1-3-20-15-6-4-13(5-7-15)12-16(19)17-14-8-10-18(2)11-9-14/h4-7,14H,3,8-12H2,1-2H3,(H,17,19). The Morgan fingerprint density at radius 3 is 2.55 bits per heavy atom. The lowest BCUT2D eigenvalue weighted by atomic mass is 10.0. The van der Waals surface area contributed by atoms with Crippen LogP contribution in [0.25, 0.3) is 0 Å². The van der Waals surface area contributed by atoms with Gasteiger partial charge in [0.25, 0.3) is 0 Å². The summed E-state index contributed by atoms with van der Waals surface area (Å²) >= 11 is 0. The Morgan fingerprint density at radius 1 is 1.30 bits per heavy atom. The zero-order valence-corrected chi connectivity index (χ0v) is 12.4. The van der Waals surface area contributed by atoms with Gasteiger partial charge in [-0.15, -0.1) is 0 Å². The van der Waals surface area contributed by atoms with Crippen molar-refractivity contribution in [3.8, 4) is 5.75 Å². The normalized spacial score (nSPS) is 16.9. The van der Waals surface area contributed by atoms with Crippen LogP contribution in [-0.4, -0.2) is 43.6 Å². The van der Waals surface area contributed by atoms with Gasteiger partial charge in [0.2, 0.25) is 5.91 Å². The van der Waals surface area contributed by atoms with Crippen molar-refractivity contribution in [2.45, 2.75) is 32.2 Å². The first-order valence-corrected chi connectivity index (χ1v) is 7.37. The molecule has 0 saturated carbocycles. The van der Waals surface area contributed by atoms with Gasteiger partial charge in [0.05, 0.1) is 13.0 Å². The maximum atomic E-state index is 12.0. The molecule has 1 aromatic rings. The molecule has 1 aromatic carbocycles. The largest absolute Gasteiger partial charge is 0.494 e. The number of amides is 1. The van der Waals surface area contributed by atoms with E-state index >= 15 is 0 Å². The van der Waals surface area contributed by atoms with Gasteiger partial charge in [0.15, 0.2) is 0 Å². The van der Waals surface area contributed by atoms with E-state index in [1.807, 2.05) is 31.2 Å². The maximum Gasteiger partial charge on any atom is 0.224 e. The number of hydrogen-bond donors (Lipinski definition) is 1. The number of nitrogens with one attached hydrogen (secondary N) is 1. The number of likely N-dealkylation sites (tertiary alicyclic amines) is 1. The Hall–Kier alpha value is -1.55. The van der Waals surface area contributed by atoms with Crippen LogP contribution >= 0.6 is 0 Å². The van der Waals surface area contributed by atoms with E-state index in [0.29, 0.717) is 19.1 Å². The first kappa shape index (κ1) is 14.9. The van der Waals surface area contributed by atoms with E-state index in [4.69, 9.17) is 4.74 Å². The predicted molar refractivity (Wildman–Crippen MR) is 80.0 cm³/mol. The highest BCUT2D eigenvalue weighted by Crippen LogP contribution is 2.13. The molecule has 0 aromatic heterocycles. The molecule has 0 unspecified atom stereocenters. The number of nitrogens with zero attached hydrogens (tertiary/aromatic N) is 1. The molecular formula is C16H24N2O2. The van der Waals surface area contributed by atoms with Crippen molar-refractivity contribution < 1.29 is 9.53 Å². The van der Waals surface area contributed by atoms with Crippen molar-refractivity contribution in [3.05, 3.63) is 29.8 Å². The second kappa shape index (κ2) is 7.29. The Kier molecular flexibility index (Phi) is 5.41. The summed E-state index contributed by atoms with van der Waals surface area (Å²) in [4.78, 5) is 14.3. The molecule has 1 aliphatic heterocycles. The highest BCUT2D eigenvalue weighted by Gasteiger charge is 2.18. The van der Waals surface area contributed by atoms with Gasteiger partial charge < -0.3 is 15.0 Å². The Labute approximate surface area is 121 Å².